The minimum Gasteiger partial charge on any atom is -0.379 e. The predicted octanol–water partition coefficient (Wildman–Crippen LogP) is 4.93. The first kappa shape index (κ1) is 24.9. The molecule has 0 amide bonds. The number of hydrogen-bond donors (Lipinski definition) is 0. The van der Waals surface area contributed by atoms with Crippen molar-refractivity contribution in [3.05, 3.63) is 0 Å². The van der Waals surface area contributed by atoms with Crippen molar-refractivity contribution in [3.63, 3.8) is 0 Å². The van der Waals surface area contributed by atoms with Crippen LogP contribution in [0.4, 0.5) is 0 Å². The molecule has 4 atom stereocenters. The van der Waals surface area contributed by atoms with Gasteiger partial charge in [0.2, 0.25) is 0 Å². The topological polar surface area (TPSA) is 34.3 Å². The molecule has 0 radical (unpaired) electrons. The molecule has 2 heterocycles. The van der Waals surface area contributed by atoms with Crippen molar-refractivity contribution in [3.8, 4) is 0 Å². The minimum absolute atomic E-state index is 0. The summed E-state index contributed by atoms with van der Waals surface area (Å²) in [5, 5.41) is 0. The monoisotopic (exact) mass is 292 g/mol. The SMILES string of the molecule is C.C.C.C.CCC1CCC2OC2C1.CCOCC1CO1. The van der Waals surface area contributed by atoms with Gasteiger partial charge < -0.3 is 14.2 Å². The van der Waals surface area contributed by atoms with Crippen molar-refractivity contribution in [1.82, 2.24) is 0 Å². The van der Waals surface area contributed by atoms with Gasteiger partial charge in [0.15, 0.2) is 0 Å². The van der Waals surface area contributed by atoms with Gasteiger partial charge in [0, 0.05) is 6.61 Å². The molecule has 126 valence electrons. The predicted molar refractivity (Wildman–Crippen MR) is 89.5 cm³/mol. The second-order valence-electron chi connectivity index (χ2n) is 4.92. The number of epoxide rings is 2. The molecule has 0 aromatic heterocycles. The molecule has 4 unspecified atom stereocenters. The van der Waals surface area contributed by atoms with E-state index in [1.165, 1.54) is 25.7 Å². The summed E-state index contributed by atoms with van der Waals surface area (Å²) in [5.74, 6) is 0.980. The van der Waals surface area contributed by atoms with Gasteiger partial charge in [-0.05, 0) is 32.1 Å². The van der Waals surface area contributed by atoms with Gasteiger partial charge in [-0.1, -0.05) is 43.1 Å². The summed E-state index contributed by atoms with van der Waals surface area (Å²) in [4.78, 5) is 0. The lowest BCUT2D eigenvalue weighted by Crippen LogP contribution is -2.11. The lowest BCUT2D eigenvalue weighted by molar-refractivity contribution is 0.128. The summed E-state index contributed by atoms with van der Waals surface area (Å²) < 4.78 is 15.3. The first-order chi connectivity index (χ1) is 7.83. The van der Waals surface area contributed by atoms with Crippen LogP contribution in [0.25, 0.3) is 0 Å². The largest absolute Gasteiger partial charge is 0.379 e. The molecule has 0 spiro atoms. The molecule has 3 rings (SSSR count). The van der Waals surface area contributed by atoms with E-state index >= 15 is 0 Å². The van der Waals surface area contributed by atoms with Crippen molar-refractivity contribution in [1.29, 1.82) is 0 Å². The van der Waals surface area contributed by atoms with Gasteiger partial charge >= 0.3 is 0 Å². The van der Waals surface area contributed by atoms with Gasteiger partial charge in [0.25, 0.3) is 0 Å². The van der Waals surface area contributed by atoms with Crippen LogP contribution in [-0.2, 0) is 14.2 Å². The smallest absolute Gasteiger partial charge is 0.104 e. The van der Waals surface area contributed by atoms with Crippen LogP contribution in [0.15, 0.2) is 0 Å². The van der Waals surface area contributed by atoms with Crippen LogP contribution in [0.1, 0.15) is 69.2 Å². The summed E-state index contributed by atoms with van der Waals surface area (Å²) in [7, 11) is 0. The standard InChI is InChI=1S/C8H14O.C5H10O2.4CH4/c1-2-6-3-4-7-8(5-6)9-7;1-2-6-3-5-4-7-5;;;;/h6-8H,2-5H2,1H3;5H,2-4H2,1H3;4*1H4. The van der Waals surface area contributed by atoms with E-state index in [1.54, 1.807) is 0 Å². The number of fused-ring (bicyclic) bond motifs is 1. The summed E-state index contributed by atoms with van der Waals surface area (Å²) >= 11 is 0. The molecule has 20 heavy (non-hydrogen) atoms. The molecule has 0 bridgehead atoms. The molecule has 0 N–H and O–H groups in total. The fourth-order valence-electron chi connectivity index (χ4n) is 2.27. The van der Waals surface area contributed by atoms with Crippen LogP contribution in [0.2, 0.25) is 0 Å². The maximum atomic E-state index is 5.41. The van der Waals surface area contributed by atoms with Gasteiger partial charge in [-0.25, -0.2) is 0 Å². The molecule has 3 nitrogen and oxygen atoms in total. The first-order valence-corrected chi connectivity index (χ1v) is 6.68. The Labute approximate surface area is 128 Å². The Balaban J connectivity index is -0.000000246. The second-order valence-corrected chi connectivity index (χ2v) is 4.92. The van der Waals surface area contributed by atoms with E-state index in [1.807, 2.05) is 6.92 Å². The van der Waals surface area contributed by atoms with Gasteiger partial charge in [-0.3, -0.25) is 0 Å². The van der Waals surface area contributed by atoms with E-state index in [0.29, 0.717) is 18.3 Å². The average Bonchev–Trinajstić information content (AvgIpc) is 3.19. The zero-order valence-electron chi connectivity index (χ0n) is 10.5. The van der Waals surface area contributed by atoms with Crippen LogP contribution < -0.4 is 0 Å². The fraction of sp³-hybridized carbons (Fsp3) is 1.00. The van der Waals surface area contributed by atoms with Crippen LogP contribution >= 0.6 is 0 Å². The highest BCUT2D eigenvalue weighted by Crippen LogP contribution is 2.40. The van der Waals surface area contributed by atoms with Gasteiger partial charge in [0.1, 0.15) is 6.10 Å². The number of ether oxygens (including phenoxy) is 3. The Morgan fingerprint density at radius 2 is 1.65 bits per heavy atom. The quantitative estimate of drug-likeness (QED) is 0.689. The van der Waals surface area contributed by atoms with Crippen molar-refractivity contribution >= 4 is 0 Å². The lowest BCUT2D eigenvalue weighted by atomic mass is 9.88. The van der Waals surface area contributed by atoms with Crippen LogP contribution in [0, 0.1) is 5.92 Å². The van der Waals surface area contributed by atoms with E-state index < -0.39 is 0 Å². The van der Waals surface area contributed by atoms with Crippen molar-refractivity contribution in [2.75, 3.05) is 19.8 Å². The summed E-state index contributed by atoms with van der Waals surface area (Å²) in [6, 6.07) is 0. The normalized spacial score (nSPS) is 31.5. The van der Waals surface area contributed by atoms with Crippen molar-refractivity contribution in [2.45, 2.75) is 87.5 Å². The molecule has 0 aromatic carbocycles. The Morgan fingerprint density at radius 1 is 1.00 bits per heavy atom. The van der Waals surface area contributed by atoms with E-state index in [-0.39, 0.29) is 29.7 Å². The van der Waals surface area contributed by atoms with Crippen LogP contribution in [-0.4, -0.2) is 38.1 Å². The van der Waals surface area contributed by atoms with E-state index in [2.05, 4.69) is 6.92 Å². The Kier molecular flexibility index (Phi) is 15.7. The van der Waals surface area contributed by atoms with Crippen molar-refractivity contribution < 1.29 is 14.2 Å². The molecule has 2 saturated heterocycles. The maximum absolute atomic E-state index is 5.41. The van der Waals surface area contributed by atoms with Gasteiger partial charge in [-0.15, -0.1) is 0 Å². The van der Waals surface area contributed by atoms with Crippen molar-refractivity contribution in [2.24, 2.45) is 5.92 Å². The van der Waals surface area contributed by atoms with Gasteiger partial charge in [-0.2, -0.15) is 0 Å². The third-order valence-electron chi connectivity index (χ3n) is 3.60. The third-order valence-corrected chi connectivity index (χ3v) is 3.60. The Morgan fingerprint density at radius 3 is 2.10 bits per heavy atom. The molecular weight excluding hydrogens is 252 g/mol. The molecule has 1 aliphatic carbocycles. The molecule has 3 aliphatic rings. The summed E-state index contributed by atoms with van der Waals surface area (Å²) in [6.07, 6.45) is 7.26. The van der Waals surface area contributed by atoms with Crippen LogP contribution in [0.3, 0.4) is 0 Å². The summed E-state index contributed by atoms with van der Waals surface area (Å²) in [6.45, 7) is 6.77. The molecule has 2 aliphatic heterocycles. The Bertz CT molecular complexity index is 204. The molecule has 3 heteroatoms. The third kappa shape index (κ3) is 8.93. The minimum atomic E-state index is 0. The fourth-order valence-corrected chi connectivity index (χ4v) is 2.27. The average molecular weight is 293 g/mol. The lowest BCUT2D eigenvalue weighted by Gasteiger charge is -2.15. The molecule has 1 saturated carbocycles. The highest BCUT2D eigenvalue weighted by Gasteiger charge is 2.43. The van der Waals surface area contributed by atoms with E-state index in [0.717, 1.165) is 25.7 Å². The van der Waals surface area contributed by atoms with Crippen LogP contribution in [0.5, 0.6) is 0 Å². The highest BCUT2D eigenvalue weighted by molar-refractivity contribution is 4.91. The zero-order valence-corrected chi connectivity index (χ0v) is 10.5. The van der Waals surface area contributed by atoms with E-state index in [9.17, 15) is 0 Å². The highest BCUT2D eigenvalue weighted by atomic mass is 16.6. The number of hydrogen-bond acceptors (Lipinski definition) is 3. The van der Waals surface area contributed by atoms with Gasteiger partial charge in [0.05, 0.1) is 25.4 Å². The molecule has 0 aromatic rings. The Hall–Kier alpha value is -0.120. The number of rotatable bonds is 4. The molecular formula is C17H40O3. The van der Waals surface area contributed by atoms with E-state index in [4.69, 9.17) is 14.2 Å². The zero-order chi connectivity index (χ0) is 11.4. The molecule has 3 fully saturated rings. The maximum Gasteiger partial charge on any atom is 0.104 e. The first-order valence-electron chi connectivity index (χ1n) is 6.68. The summed E-state index contributed by atoms with van der Waals surface area (Å²) in [5.41, 5.74) is 0. The second kappa shape index (κ2) is 12.6.